The predicted octanol–water partition coefficient (Wildman–Crippen LogP) is 3.20. The predicted molar refractivity (Wildman–Crippen MR) is 147 cm³/mol. The van der Waals surface area contributed by atoms with Gasteiger partial charge in [-0.05, 0) is 57.0 Å². The minimum atomic E-state index is -3.91. The van der Waals surface area contributed by atoms with Crippen LogP contribution in [-0.4, -0.2) is 70.8 Å². The van der Waals surface area contributed by atoms with E-state index < -0.39 is 34.1 Å². The lowest BCUT2D eigenvalue weighted by molar-refractivity contribution is -0.141. The van der Waals surface area contributed by atoms with Gasteiger partial charge in [0.05, 0.1) is 33.3 Å². The van der Waals surface area contributed by atoms with Crippen LogP contribution in [0.5, 0.6) is 17.2 Å². The van der Waals surface area contributed by atoms with Gasteiger partial charge in [-0.1, -0.05) is 19.1 Å². The fraction of sp³-hybridized carbons (Fsp3) is 0.481. The number of rotatable bonds is 12. The summed E-state index contributed by atoms with van der Waals surface area (Å²) in [7, 11) is 0.530. The van der Waals surface area contributed by atoms with Gasteiger partial charge < -0.3 is 24.4 Å². The van der Waals surface area contributed by atoms with E-state index in [1.54, 1.807) is 43.5 Å². The maximum atomic E-state index is 13.8. The Morgan fingerprint density at radius 2 is 1.53 bits per heavy atom. The van der Waals surface area contributed by atoms with Crippen molar-refractivity contribution in [3.8, 4) is 17.2 Å². The van der Waals surface area contributed by atoms with Crippen molar-refractivity contribution in [3.63, 3.8) is 0 Å². The molecule has 11 heteroatoms. The first kappa shape index (κ1) is 30.8. The number of amides is 2. The van der Waals surface area contributed by atoms with Crippen LogP contribution in [0.3, 0.4) is 0 Å². The highest BCUT2D eigenvalue weighted by molar-refractivity contribution is 7.92. The number of carbonyl (C=O) groups excluding carboxylic acids is 2. The topological polar surface area (TPSA) is 114 Å². The zero-order valence-electron chi connectivity index (χ0n) is 23.4. The Labute approximate surface area is 225 Å². The molecule has 0 bridgehead atoms. The summed E-state index contributed by atoms with van der Waals surface area (Å²) in [4.78, 5) is 28.5. The number of sulfonamides is 1. The van der Waals surface area contributed by atoms with Crippen LogP contribution >= 0.6 is 0 Å². The molecule has 0 saturated heterocycles. The first-order valence-corrected chi connectivity index (χ1v) is 14.0. The lowest BCUT2D eigenvalue weighted by Crippen LogP contribution is -2.55. The van der Waals surface area contributed by atoms with E-state index in [0.29, 0.717) is 17.9 Å². The molecule has 0 heterocycles. The number of nitrogens with one attached hydrogen (secondary N) is 1. The van der Waals surface area contributed by atoms with Gasteiger partial charge in [0.1, 0.15) is 29.8 Å². The maximum Gasteiger partial charge on any atom is 0.244 e. The molecule has 210 valence electrons. The lowest BCUT2D eigenvalue weighted by atomic mass is 10.1. The molecule has 2 aromatic carbocycles. The van der Waals surface area contributed by atoms with Crippen LogP contribution in [-0.2, 0) is 26.2 Å². The number of hydrogen-bond donors (Lipinski definition) is 1. The van der Waals surface area contributed by atoms with Crippen molar-refractivity contribution < 1.29 is 32.2 Å². The maximum absolute atomic E-state index is 13.8. The highest BCUT2D eigenvalue weighted by Crippen LogP contribution is 2.33. The lowest BCUT2D eigenvalue weighted by Gasteiger charge is -2.34. The molecule has 0 fully saturated rings. The molecule has 2 amide bonds. The summed E-state index contributed by atoms with van der Waals surface area (Å²) in [6.07, 6.45) is 1.34. The number of nitrogens with zero attached hydrogens (tertiary/aromatic N) is 2. The summed E-state index contributed by atoms with van der Waals surface area (Å²) in [5.41, 5.74) is 0.420. The zero-order chi connectivity index (χ0) is 28.7. The molecule has 0 aromatic heterocycles. The number of benzene rings is 2. The molecule has 38 heavy (non-hydrogen) atoms. The van der Waals surface area contributed by atoms with Crippen LogP contribution in [0.2, 0.25) is 0 Å². The number of ether oxygens (including phenoxy) is 3. The molecule has 1 unspecified atom stereocenters. The molecule has 0 aliphatic heterocycles. The van der Waals surface area contributed by atoms with E-state index in [2.05, 4.69) is 5.32 Å². The zero-order valence-corrected chi connectivity index (χ0v) is 24.2. The molecule has 0 radical (unpaired) electrons. The van der Waals surface area contributed by atoms with Gasteiger partial charge in [0, 0.05) is 18.2 Å². The first-order chi connectivity index (χ1) is 17.7. The van der Waals surface area contributed by atoms with Gasteiger partial charge in [-0.25, -0.2) is 8.42 Å². The Morgan fingerprint density at radius 3 is 2.00 bits per heavy atom. The van der Waals surface area contributed by atoms with E-state index in [1.807, 2.05) is 27.7 Å². The average molecular weight is 550 g/mol. The molecule has 0 aliphatic carbocycles. The molecule has 2 rings (SSSR count). The first-order valence-electron chi connectivity index (χ1n) is 12.2. The second-order valence-electron chi connectivity index (χ2n) is 9.84. The summed E-state index contributed by atoms with van der Waals surface area (Å²) < 4.78 is 42.6. The van der Waals surface area contributed by atoms with Gasteiger partial charge in [0.25, 0.3) is 0 Å². The quantitative estimate of drug-likeness (QED) is 0.432. The summed E-state index contributed by atoms with van der Waals surface area (Å²) in [6, 6.07) is 10.9. The van der Waals surface area contributed by atoms with Gasteiger partial charge in [0.2, 0.25) is 21.8 Å². The Balaban J connectivity index is 2.52. The fourth-order valence-corrected chi connectivity index (χ4v) is 4.74. The number of methoxy groups -OCH3 is 3. The number of hydrogen-bond acceptors (Lipinski definition) is 7. The fourth-order valence-electron chi connectivity index (χ4n) is 3.89. The monoisotopic (exact) mass is 549 g/mol. The SMILES string of the molecule is CCC(C(=O)NC(C)(C)C)N(Cc1ccc(OC)cc1)C(=O)CN(c1ccc(OC)cc1OC)S(C)(=O)=O. The largest absolute Gasteiger partial charge is 0.497 e. The number of anilines is 1. The van der Waals surface area contributed by atoms with Crippen LogP contribution in [0.25, 0.3) is 0 Å². The molecule has 1 atom stereocenters. The van der Waals surface area contributed by atoms with E-state index >= 15 is 0 Å². The third-order valence-corrected chi connectivity index (χ3v) is 6.86. The van der Waals surface area contributed by atoms with Gasteiger partial charge in [-0.15, -0.1) is 0 Å². The molecule has 2 aromatic rings. The van der Waals surface area contributed by atoms with E-state index in [1.165, 1.54) is 25.2 Å². The van der Waals surface area contributed by atoms with Crippen molar-refractivity contribution in [2.45, 2.75) is 52.2 Å². The smallest absolute Gasteiger partial charge is 0.244 e. The average Bonchev–Trinajstić information content (AvgIpc) is 2.85. The molecule has 10 nitrogen and oxygen atoms in total. The Kier molecular flexibility index (Phi) is 10.4. The Morgan fingerprint density at radius 1 is 0.947 bits per heavy atom. The summed E-state index contributed by atoms with van der Waals surface area (Å²) >= 11 is 0. The van der Waals surface area contributed by atoms with Crippen molar-refractivity contribution in [2.24, 2.45) is 0 Å². The van der Waals surface area contributed by atoms with Crippen molar-refractivity contribution in [1.82, 2.24) is 10.2 Å². The summed E-state index contributed by atoms with van der Waals surface area (Å²) in [6.45, 7) is 6.94. The molecular formula is C27H39N3O7S. The third kappa shape index (κ3) is 8.27. The molecule has 0 saturated carbocycles. The molecular weight excluding hydrogens is 510 g/mol. The number of carbonyl (C=O) groups is 2. The second kappa shape index (κ2) is 12.9. The minimum Gasteiger partial charge on any atom is -0.497 e. The van der Waals surface area contributed by atoms with Gasteiger partial charge in [-0.2, -0.15) is 0 Å². The van der Waals surface area contributed by atoms with E-state index in [4.69, 9.17) is 14.2 Å². The van der Waals surface area contributed by atoms with Gasteiger partial charge in [0.15, 0.2) is 0 Å². The van der Waals surface area contributed by atoms with E-state index in [-0.39, 0.29) is 23.9 Å². The van der Waals surface area contributed by atoms with Crippen molar-refractivity contribution >= 4 is 27.5 Å². The standard InChI is InChI=1S/C27H39N3O7S/c1-9-22(26(32)28-27(2,3)4)29(17-19-10-12-20(35-5)13-11-19)25(31)18-30(38(8,33)34)23-15-14-21(36-6)16-24(23)37-7/h10-16,22H,9,17-18H2,1-8H3,(H,28,32). The van der Waals surface area contributed by atoms with Crippen LogP contribution in [0, 0.1) is 0 Å². The Bertz CT molecular complexity index is 1210. The van der Waals surface area contributed by atoms with Crippen LogP contribution in [0.4, 0.5) is 5.69 Å². The normalized spacial score (nSPS) is 12.3. The van der Waals surface area contributed by atoms with E-state index in [0.717, 1.165) is 16.1 Å². The third-order valence-electron chi connectivity index (χ3n) is 5.73. The second-order valence-corrected chi connectivity index (χ2v) is 11.7. The molecule has 0 aliphatic rings. The van der Waals surface area contributed by atoms with Crippen molar-refractivity contribution in [2.75, 3.05) is 38.4 Å². The van der Waals surface area contributed by atoms with Gasteiger partial charge >= 0.3 is 0 Å². The van der Waals surface area contributed by atoms with Crippen LogP contribution < -0.4 is 23.8 Å². The molecule has 1 N–H and O–H groups in total. The van der Waals surface area contributed by atoms with Crippen molar-refractivity contribution in [3.05, 3.63) is 48.0 Å². The minimum absolute atomic E-state index is 0.0935. The highest BCUT2D eigenvalue weighted by atomic mass is 32.2. The Hall–Kier alpha value is -3.47. The summed E-state index contributed by atoms with van der Waals surface area (Å²) in [5, 5.41) is 2.94. The van der Waals surface area contributed by atoms with Gasteiger partial charge in [-0.3, -0.25) is 13.9 Å². The summed E-state index contributed by atoms with van der Waals surface area (Å²) in [5.74, 6) is 0.479. The van der Waals surface area contributed by atoms with E-state index in [9.17, 15) is 18.0 Å². The van der Waals surface area contributed by atoms with Crippen molar-refractivity contribution in [1.29, 1.82) is 0 Å². The highest BCUT2D eigenvalue weighted by Gasteiger charge is 2.33. The molecule has 0 spiro atoms. The van der Waals surface area contributed by atoms with Crippen LogP contribution in [0.1, 0.15) is 39.7 Å². The van der Waals surface area contributed by atoms with Crippen LogP contribution in [0.15, 0.2) is 42.5 Å².